The summed E-state index contributed by atoms with van der Waals surface area (Å²) in [5.74, 6) is 1.14. The van der Waals surface area contributed by atoms with Crippen molar-refractivity contribution >= 4 is 23.3 Å². The third-order valence-corrected chi connectivity index (χ3v) is 4.96. The molecule has 23 heavy (non-hydrogen) atoms. The second kappa shape index (κ2) is 6.62. The van der Waals surface area contributed by atoms with E-state index in [4.69, 9.17) is 0 Å². The summed E-state index contributed by atoms with van der Waals surface area (Å²) in [4.78, 5) is 31.1. The summed E-state index contributed by atoms with van der Waals surface area (Å²) in [7, 11) is 0. The van der Waals surface area contributed by atoms with E-state index in [2.05, 4.69) is 11.2 Å². The number of fused-ring (bicyclic) bond motifs is 1. The zero-order chi connectivity index (χ0) is 16.4. The number of likely N-dealkylation sites (tertiary alicyclic amines) is 1. The second-order valence-corrected chi connectivity index (χ2v) is 6.69. The topological polar surface area (TPSA) is 74.9 Å². The quantitative estimate of drug-likeness (QED) is 0.924. The normalized spacial score (nSPS) is 18.3. The van der Waals surface area contributed by atoms with Crippen LogP contribution in [-0.4, -0.2) is 50.4 Å². The van der Waals surface area contributed by atoms with Crippen LogP contribution in [0.3, 0.4) is 0 Å². The molecule has 0 spiro atoms. The van der Waals surface area contributed by atoms with Gasteiger partial charge in [0.1, 0.15) is 5.56 Å². The van der Waals surface area contributed by atoms with Crippen LogP contribution >= 0.6 is 11.8 Å². The molecule has 0 bridgehead atoms. The Morgan fingerprint density at radius 3 is 3.13 bits per heavy atom. The Hall–Kier alpha value is -2.02. The highest BCUT2D eigenvalue weighted by atomic mass is 32.2. The third-order valence-electron chi connectivity index (χ3n) is 4.15. The van der Waals surface area contributed by atoms with Crippen molar-refractivity contribution in [3.63, 3.8) is 0 Å². The molecule has 1 N–H and O–H groups in total. The van der Waals surface area contributed by atoms with Crippen molar-refractivity contribution < 1.29 is 9.90 Å². The highest BCUT2D eigenvalue weighted by Gasteiger charge is 2.26. The maximum Gasteiger partial charge on any atom is 0.270 e. The Balaban J connectivity index is 1.92. The molecule has 6 nitrogen and oxygen atoms in total. The Labute approximate surface area is 138 Å². The molecule has 122 valence electrons. The van der Waals surface area contributed by atoms with Crippen LogP contribution in [0, 0.1) is 5.92 Å². The number of nitrogens with zero attached hydrogens (tertiary/aromatic N) is 3. The van der Waals surface area contributed by atoms with Gasteiger partial charge in [-0.05, 0) is 42.9 Å². The van der Waals surface area contributed by atoms with E-state index in [0.717, 1.165) is 18.6 Å². The molecular formula is C16H19N3O3S. The molecule has 2 aromatic heterocycles. The average Bonchev–Trinajstić information content (AvgIpc) is 2.56. The number of aromatic hydroxyl groups is 1. The Bertz CT molecular complexity index is 788. The zero-order valence-electron chi connectivity index (χ0n) is 12.9. The lowest BCUT2D eigenvalue weighted by atomic mass is 9.99. The summed E-state index contributed by atoms with van der Waals surface area (Å²) in [6.45, 7) is 1.35. The standard InChI is InChI=1S/C16H19N3O3S/c1-23-10-11-4-2-6-18(9-11)15(21)12-8-17-14-13(20)5-3-7-19(14)16(12)22/h3,5,7-8,11,20H,2,4,6,9-10H2,1H3. The lowest BCUT2D eigenvalue weighted by Crippen LogP contribution is -2.42. The van der Waals surface area contributed by atoms with Crippen molar-refractivity contribution in [3.8, 4) is 5.75 Å². The summed E-state index contributed by atoms with van der Waals surface area (Å²) in [5.41, 5.74) is -0.228. The van der Waals surface area contributed by atoms with Gasteiger partial charge < -0.3 is 10.0 Å². The van der Waals surface area contributed by atoms with Gasteiger partial charge in [0.05, 0.1) is 0 Å². The van der Waals surface area contributed by atoms with Crippen molar-refractivity contribution in [2.45, 2.75) is 12.8 Å². The van der Waals surface area contributed by atoms with Crippen molar-refractivity contribution in [2.24, 2.45) is 5.92 Å². The fourth-order valence-corrected chi connectivity index (χ4v) is 3.77. The first-order valence-corrected chi connectivity index (χ1v) is 8.98. The molecule has 1 aliphatic rings. The fraction of sp³-hybridized carbons (Fsp3) is 0.438. The molecule has 1 aliphatic heterocycles. The van der Waals surface area contributed by atoms with E-state index in [-0.39, 0.29) is 22.9 Å². The first kappa shape index (κ1) is 15.9. The number of piperidine rings is 1. The minimum atomic E-state index is -0.442. The Kier molecular flexibility index (Phi) is 4.56. The number of thioether (sulfide) groups is 1. The van der Waals surface area contributed by atoms with Gasteiger partial charge in [0.2, 0.25) is 0 Å². The highest BCUT2D eigenvalue weighted by molar-refractivity contribution is 7.98. The number of amides is 1. The summed E-state index contributed by atoms with van der Waals surface area (Å²) in [5, 5.41) is 9.75. The molecule has 3 rings (SSSR count). The third kappa shape index (κ3) is 3.06. The number of rotatable bonds is 3. The molecule has 1 fully saturated rings. The first-order chi connectivity index (χ1) is 11.1. The smallest absolute Gasteiger partial charge is 0.270 e. The van der Waals surface area contributed by atoms with Gasteiger partial charge in [0.25, 0.3) is 11.5 Å². The van der Waals surface area contributed by atoms with Crippen LogP contribution in [0.1, 0.15) is 23.2 Å². The van der Waals surface area contributed by atoms with Crippen molar-refractivity contribution in [2.75, 3.05) is 25.1 Å². The molecule has 1 atom stereocenters. The van der Waals surface area contributed by atoms with E-state index >= 15 is 0 Å². The molecular weight excluding hydrogens is 314 g/mol. The van der Waals surface area contributed by atoms with Crippen LogP contribution in [0.4, 0.5) is 0 Å². The predicted molar refractivity (Wildman–Crippen MR) is 90.1 cm³/mol. The van der Waals surface area contributed by atoms with Gasteiger partial charge in [0, 0.05) is 25.5 Å². The van der Waals surface area contributed by atoms with Crippen LogP contribution in [0.15, 0.2) is 29.3 Å². The van der Waals surface area contributed by atoms with Gasteiger partial charge in [-0.3, -0.25) is 14.0 Å². The molecule has 1 amide bonds. The van der Waals surface area contributed by atoms with E-state index in [1.165, 1.54) is 22.9 Å². The van der Waals surface area contributed by atoms with Gasteiger partial charge in [-0.15, -0.1) is 0 Å². The molecule has 1 saturated heterocycles. The molecule has 0 aromatic carbocycles. The summed E-state index contributed by atoms with van der Waals surface area (Å²) < 4.78 is 1.21. The van der Waals surface area contributed by atoms with Crippen molar-refractivity contribution in [1.82, 2.24) is 14.3 Å². The minimum Gasteiger partial charge on any atom is -0.504 e. The van der Waals surface area contributed by atoms with E-state index in [9.17, 15) is 14.7 Å². The summed E-state index contributed by atoms with van der Waals surface area (Å²) >= 11 is 1.78. The largest absolute Gasteiger partial charge is 0.504 e. The van der Waals surface area contributed by atoms with Gasteiger partial charge in [-0.25, -0.2) is 4.98 Å². The maximum atomic E-state index is 12.7. The lowest BCUT2D eigenvalue weighted by Gasteiger charge is -2.32. The van der Waals surface area contributed by atoms with Crippen LogP contribution in [-0.2, 0) is 0 Å². The van der Waals surface area contributed by atoms with E-state index < -0.39 is 5.56 Å². The van der Waals surface area contributed by atoms with E-state index in [1.807, 2.05) is 0 Å². The number of pyridine rings is 1. The predicted octanol–water partition coefficient (Wildman–Crippen LogP) is 1.62. The SMILES string of the molecule is CSCC1CCCN(C(=O)c2cnc3c(O)cccn3c2=O)C1. The van der Waals surface area contributed by atoms with Crippen LogP contribution < -0.4 is 5.56 Å². The van der Waals surface area contributed by atoms with E-state index in [1.54, 1.807) is 22.7 Å². The number of hydrogen-bond acceptors (Lipinski definition) is 5. The van der Waals surface area contributed by atoms with Gasteiger partial charge in [-0.2, -0.15) is 11.8 Å². The monoisotopic (exact) mass is 333 g/mol. The zero-order valence-corrected chi connectivity index (χ0v) is 13.8. The van der Waals surface area contributed by atoms with Gasteiger partial charge in [0.15, 0.2) is 11.4 Å². The Morgan fingerprint density at radius 2 is 2.35 bits per heavy atom. The maximum absolute atomic E-state index is 12.7. The molecule has 1 unspecified atom stereocenters. The van der Waals surface area contributed by atoms with Crippen LogP contribution in [0.25, 0.3) is 5.65 Å². The minimum absolute atomic E-state index is 0.0536. The number of carbonyl (C=O) groups excluding carboxylic acids is 1. The average molecular weight is 333 g/mol. The van der Waals surface area contributed by atoms with Crippen molar-refractivity contribution in [3.05, 3.63) is 40.4 Å². The molecule has 3 heterocycles. The number of aromatic nitrogens is 2. The number of carbonyl (C=O) groups is 1. The molecule has 2 aromatic rings. The molecule has 0 saturated carbocycles. The van der Waals surface area contributed by atoms with Crippen molar-refractivity contribution in [1.29, 1.82) is 0 Å². The lowest BCUT2D eigenvalue weighted by molar-refractivity contribution is 0.0683. The summed E-state index contributed by atoms with van der Waals surface area (Å²) in [6, 6.07) is 3.01. The molecule has 7 heteroatoms. The van der Waals surface area contributed by atoms with Gasteiger partial charge in [-0.1, -0.05) is 0 Å². The fourth-order valence-electron chi connectivity index (χ4n) is 3.03. The number of hydrogen-bond donors (Lipinski definition) is 1. The van der Waals surface area contributed by atoms with Crippen LogP contribution in [0.5, 0.6) is 5.75 Å². The molecule has 0 aliphatic carbocycles. The molecule has 0 radical (unpaired) electrons. The first-order valence-electron chi connectivity index (χ1n) is 7.59. The van der Waals surface area contributed by atoms with Crippen LogP contribution in [0.2, 0.25) is 0 Å². The Morgan fingerprint density at radius 1 is 1.52 bits per heavy atom. The second-order valence-electron chi connectivity index (χ2n) is 5.78. The van der Waals surface area contributed by atoms with E-state index in [0.29, 0.717) is 19.0 Å². The summed E-state index contributed by atoms with van der Waals surface area (Å²) in [6.07, 6.45) is 6.92. The highest BCUT2D eigenvalue weighted by Crippen LogP contribution is 2.21. The van der Waals surface area contributed by atoms with Gasteiger partial charge >= 0.3 is 0 Å².